The van der Waals surface area contributed by atoms with Gasteiger partial charge in [-0.3, -0.25) is 0 Å². The lowest BCUT2D eigenvalue weighted by molar-refractivity contribution is -0.113. The minimum absolute atomic E-state index is 0.340. The molecule has 0 aromatic carbocycles. The van der Waals surface area contributed by atoms with E-state index >= 15 is 0 Å². The third-order valence-corrected chi connectivity index (χ3v) is 3.87. The van der Waals surface area contributed by atoms with Crippen LogP contribution in [0.3, 0.4) is 0 Å². The molecule has 1 fully saturated rings. The van der Waals surface area contributed by atoms with Gasteiger partial charge < -0.3 is 4.79 Å². The molecular formula is C11H16O. The summed E-state index contributed by atoms with van der Waals surface area (Å²) < 4.78 is 0. The van der Waals surface area contributed by atoms with Gasteiger partial charge in [0.05, 0.1) is 0 Å². The van der Waals surface area contributed by atoms with Crippen molar-refractivity contribution in [3.05, 3.63) is 11.1 Å². The van der Waals surface area contributed by atoms with Crippen LogP contribution in [0.1, 0.15) is 33.1 Å². The van der Waals surface area contributed by atoms with Gasteiger partial charge >= 0.3 is 0 Å². The Bertz CT molecular complexity index is 239. The summed E-state index contributed by atoms with van der Waals surface area (Å²) in [6.07, 6.45) is 4.86. The lowest BCUT2D eigenvalue weighted by atomic mass is 9.63. The molecule has 0 heterocycles. The first-order chi connectivity index (χ1) is 5.74. The van der Waals surface area contributed by atoms with Crippen molar-refractivity contribution < 1.29 is 4.79 Å². The van der Waals surface area contributed by atoms with Crippen LogP contribution in [-0.2, 0) is 4.79 Å². The van der Waals surface area contributed by atoms with Crippen LogP contribution in [0.15, 0.2) is 11.1 Å². The molecule has 1 saturated carbocycles. The normalized spacial score (nSPS) is 40.3. The van der Waals surface area contributed by atoms with E-state index in [2.05, 4.69) is 13.8 Å². The molecule has 0 spiro atoms. The van der Waals surface area contributed by atoms with Crippen molar-refractivity contribution in [3.8, 4) is 0 Å². The fraction of sp³-hybridized carbons (Fsp3) is 0.727. The van der Waals surface area contributed by atoms with E-state index in [1.54, 1.807) is 5.57 Å². The highest BCUT2D eigenvalue weighted by molar-refractivity contribution is 5.57. The SMILES string of the molecule is CC1=C(C)C2CCC1CC2C=O. The maximum absolute atomic E-state index is 10.8. The molecule has 3 aliphatic carbocycles. The van der Waals surface area contributed by atoms with Crippen molar-refractivity contribution in [3.63, 3.8) is 0 Å². The van der Waals surface area contributed by atoms with Gasteiger partial charge in [-0.2, -0.15) is 0 Å². The minimum atomic E-state index is 0.340. The zero-order valence-electron chi connectivity index (χ0n) is 7.84. The van der Waals surface area contributed by atoms with E-state index in [-0.39, 0.29) is 0 Å². The summed E-state index contributed by atoms with van der Waals surface area (Å²) in [6.45, 7) is 4.45. The average Bonchev–Trinajstić information content (AvgIpc) is 2.12. The summed E-state index contributed by atoms with van der Waals surface area (Å²) in [7, 11) is 0. The quantitative estimate of drug-likeness (QED) is 0.430. The van der Waals surface area contributed by atoms with E-state index in [0.29, 0.717) is 11.8 Å². The Morgan fingerprint density at radius 3 is 2.58 bits per heavy atom. The largest absolute Gasteiger partial charge is 0.303 e. The van der Waals surface area contributed by atoms with Crippen LogP contribution in [0.5, 0.6) is 0 Å². The van der Waals surface area contributed by atoms with Gasteiger partial charge in [0.15, 0.2) is 0 Å². The number of carbonyl (C=O) groups is 1. The maximum Gasteiger partial charge on any atom is 0.123 e. The molecule has 1 heteroatoms. The van der Waals surface area contributed by atoms with Gasteiger partial charge in [0, 0.05) is 5.92 Å². The van der Waals surface area contributed by atoms with Gasteiger partial charge in [0.25, 0.3) is 0 Å². The summed E-state index contributed by atoms with van der Waals surface area (Å²) in [4.78, 5) is 10.8. The first kappa shape index (κ1) is 8.03. The van der Waals surface area contributed by atoms with E-state index in [4.69, 9.17) is 0 Å². The molecule has 0 aliphatic heterocycles. The van der Waals surface area contributed by atoms with E-state index in [0.717, 1.165) is 12.3 Å². The fourth-order valence-electron chi connectivity index (χ4n) is 2.90. The number of aldehydes is 1. The second-order valence-corrected chi connectivity index (χ2v) is 4.28. The number of fused-ring (bicyclic) bond motifs is 2. The van der Waals surface area contributed by atoms with Crippen LogP contribution in [0, 0.1) is 17.8 Å². The topological polar surface area (TPSA) is 17.1 Å². The van der Waals surface area contributed by atoms with Gasteiger partial charge in [-0.1, -0.05) is 11.1 Å². The number of hydrogen-bond acceptors (Lipinski definition) is 1. The standard InChI is InChI=1S/C11H16O/c1-7-8(2)11-4-3-9(7)5-10(11)6-12/h6,9-11H,3-5H2,1-2H3. The van der Waals surface area contributed by atoms with E-state index < -0.39 is 0 Å². The van der Waals surface area contributed by atoms with E-state index in [1.807, 2.05) is 0 Å². The van der Waals surface area contributed by atoms with Crippen LogP contribution >= 0.6 is 0 Å². The maximum atomic E-state index is 10.8. The lowest BCUT2D eigenvalue weighted by Gasteiger charge is -2.41. The Morgan fingerprint density at radius 2 is 2.00 bits per heavy atom. The molecule has 0 aromatic heterocycles. The van der Waals surface area contributed by atoms with Gasteiger partial charge in [0.2, 0.25) is 0 Å². The minimum Gasteiger partial charge on any atom is -0.303 e. The average molecular weight is 164 g/mol. The lowest BCUT2D eigenvalue weighted by Crippen LogP contribution is -2.33. The summed E-state index contributed by atoms with van der Waals surface area (Å²) in [6, 6.07) is 0. The van der Waals surface area contributed by atoms with Crippen LogP contribution in [0.25, 0.3) is 0 Å². The molecule has 66 valence electrons. The molecule has 3 rings (SSSR count). The third kappa shape index (κ3) is 0.954. The summed E-state index contributed by atoms with van der Waals surface area (Å²) in [5.41, 5.74) is 3.08. The Labute approximate surface area is 73.8 Å². The van der Waals surface area contributed by atoms with Crippen molar-refractivity contribution in [2.75, 3.05) is 0 Å². The molecule has 0 amide bonds. The summed E-state index contributed by atoms with van der Waals surface area (Å²) in [5.74, 6) is 1.66. The molecule has 2 bridgehead atoms. The number of carbonyl (C=O) groups excluding carboxylic acids is 1. The molecule has 0 aromatic rings. The summed E-state index contributed by atoms with van der Waals surface area (Å²) in [5, 5.41) is 0. The Hall–Kier alpha value is -0.590. The predicted molar refractivity (Wildman–Crippen MR) is 48.8 cm³/mol. The molecule has 3 atom stereocenters. The molecule has 3 aliphatic rings. The van der Waals surface area contributed by atoms with Crippen LogP contribution in [0.4, 0.5) is 0 Å². The molecular weight excluding hydrogens is 148 g/mol. The number of allylic oxidation sites excluding steroid dienone is 2. The van der Waals surface area contributed by atoms with Crippen molar-refractivity contribution in [1.82, 2.24) is 0 Å². The Balaban J connectivity index is 2.33. The molecule has 0 radical (unpaired) electrons. The molecule has 0 saturated heterocycles. The molecule has 0 N–H and O–H groups in total. The highest BCUT2D eigenvalue weighted by atomic mass is 16.1. The zero-order valence-corrected chi connectivity index (χ0v) is 7.84. The van der Waals surface area contributed by atoms with Crippen molar-refractivity contribution in [2.24, 2.45) is 17.8 Å². The first-order valence-electron chi connectivity index (χ1n) is 4.86. The summed E-state index contributed by atoms with van der Waals surface area (Å²) >= 11 is 0. The second kappa shape index (κ2) is 2.72. The van der Waals surface area contributed by atoms with Crippen LogP contribution in [0.2, 0.25) is 0 Å². The van der Waals surface area contributed by atoms with E-state index in [9.17, 15) is 4.79 Å². The Kier molecular flexibility index (Phi) is 1.82. The van der Waals surface area contributed by atoms with Gasteiger partial charge in [-0.05, 0) is 44.9 Å². The van der Waals surface area contributed by atoms with E-state index in [1.165, 1.54) is 24.7 Å². The van der Waals surface area contributed by atoms with Gasteiger partial charge in [-0.25, -0.2) is 0 Å². The van der Waals surface area contributed by atoms with Crippen molar-refractivity contribution in [2.45, 2.75) is 33.1 Å². The van der Waals surface area contributed by atoms with Crippen molar-refractivity contribution in [1.29, 1.82) is 0 Å². The van der Waals surface area contributed by atoms with Gasteiger partial charge in [-0.15, -0.1) is 0 Å². The Morgan fingerprint density at radius 1 is 1.25 bits per heavy atom. The molecule has 1 nitrogen and oxygen atoms in total. The van der Waals surface area contributed by atoms with Gasteiger partial charge in [0.1, 0.15) is 6.29 Å². The fourth-order valence-corrected chi connectivity index (χ4v) is 2.90. The number of hydrogen-bond donors (Lipinski definition) is 0. The second-order valence-electron chi connectivity index (χ2n) is 4.28. The highest BCUT2D eigenvalue weighted by Crippen LogP contribution is 2.47. The highest BCUT2D eigenvalue weighted by Gasteiger charge is 2.37. The van der Waals surface area contributed by atoms with Crippen molar-refractivity contribution >= 4 is 6.29 Å². The predicted octanol–water partition coefficient (Wildman–Crippen LogP) is 2.57. The first-order valence-corrected chi connectivity index (χ1v) is 4.86. The molecule has 12 heavy (non-hydrogen) atoms. The van der Waals surface area contributed by atoms with Crippen LogP contribution in [-0.4, -0.2) is 6.29 Å². The smallest absolute Gasteiger partial charge is 0.123 e. The third-order valence-electron chi connectivity index (χ3n) is 3.87. The molecule has 3 unspecified atom stereocenters. The van der Waals surface area contributed by atoms with Crippen LogP contribution < -0.4 is 0 Å². The number of rotatable bonds is 1. The zero-order chi connectivity index (χ0) is 8.72. The monoisotopic (exact) mass is 164 g/mol.